The fourth-order valence-electron chi connectivity index (χ4n) is 3.17. The van der Waals surface area contributed by atoms with Crippen LogP contribution in [0.4, 0.5) is 5.69 Å². The summed E-state index contributed by atoms with van der Waals surface area (Å²) in [5.74, 6) is 1.73. The lowest BCUT2D eigenvalue weighted by Gasteiger charge is -2.15. The van der Waals surface area contributed by atoms with Gasteiger partial charge in [-0.05, 0) is 85.7 Å². The third-order valence-corrected chi connectivity index (χ3v) is 6.17. The summed E-state index contributed by atoms with van der Waals surface area (Å²) in [4.78, 5) is 12.5. The van der Waals surface area contributed by atoms with Gasteiger partial charge in [0, 0.05) is 15.8 Å². The normalized spacial score (nSPS) is 11.9. The maximum Gasteiger partial charge on any atom is 0.234 e. The van der Waals surface area contributed by atoms with E-state index in [1.54, 1.807) is 0 Å². The summed E-state index contributed by atoms with van der Waals surface area (Å²) in [6, 6.07) is 13.8. The molecule has 1 heterocycles. The van der Waals surface area contributed by atoms with E-state index >= 15 is 0 Å². The van der Waals surface area contributed by atoms with Crippen LogP contribution in [-0.4, -0.2) is 26.4 Å². The van der Waals surface area contributed by atoms with Gasteiger partial charge in [0.1, 0.15) is 5.75 Å². The van der Waals surface area contributed by atoms with Gasteiger partial charge in [0.25, 0.3) is 0 Å². The lowest BCUT2D eigenvalue weighted by atomic mass is 10.1. The molecule has 1 amide bonds. The van der Waals surface area contributed by atoms with Gasteiger partial charge in [-0.3, -0.25) is 4.79 Å². The van der Waals surface area contributed by atoms with Crippen molar-refractivity contribution in [2.75, 3.05) is 11.1 Å². The average molecular weight is 536 g/mol. The number of hydrogen-bond donors (Lipinski definition) is 1. The molecule has 158 valence electrons. The van der Waals surface area contributed by atoms with Crippen LogP contribution in [0.1, 0.15) is 36.9 Å². The first-order valence-corrected chi connectivity index (χ1v) is 11.8. The number of nitrogens with zero attached hydrogens (tertiary/aromatic N) is 3. The number of amides is 1. The summed E-state index contributed by atoms with van der Waals surface area (Å²) in [7, 11) is 0. The van der Waals surface area contributed by atoms with Crippen molar-refractivity contribution in [2.45, 2.75) is 45.5 Å². The van der Waals surface area contributed by atoms with Crippen molar-refractivity contribution in [3.8, 4) is 5.75 Å². The van der Waals surface area contributed by atoms with E-state index in [1.807, 2.05) is 62.6 Å². The number of anilines is 1. The maximum absolute atomic E-state index is 12.5. The van der Waals surface area contributed by atoms with E-state index in [0.717, 1.165) is 32.0 Å². The highest BCUT2D eigenvalue weighted by molar-refractivity contribution is 14.1. The Bertz CT molecular complexity index is 1000. The van der Waals surface area contributed by atoms with Crippen molar-refractivity contribution in [2.24, 2.45) is 0 Å². The molecule has 0 unspecified atom stereocenters. The van der Waals surface area contributed by atoms with Crippen molar-refractivity contribution >= 4 is 45.9 Å². The van der Waals surface area contributed by atoms with Crippen LogP contribution in [0.15, 0.2) is 47.6 Å². The molecule has 0 fully saturated rings. The number of aromatic nitrogens is 3. The maximum atomic E-state index is 12.5. The molecule has 8 heteroatoms. The van der Waals surface area contributed by atoms with E-state index in [-0.39, 0.29) is 17.8 Å². The Morgan fingerprint density at radius 1 is 1.20 bits per heavy atom. The summed E-state index contributed by atoms with van der Waals surface area (Å²) in [5, 5.41) is 12.3. The Hall–Kier alpha value is -2.07. The van der Waals surface area contributed by atoms with Gasteiger partial charge in [0.2, 0.25) is 5.91 Å². The minimum atomic E-state index is -0.250. The molecule has 0 saturated heterocycles. The molecule has 6 nitrogen and oxygen atoms in total. The second-order valence-electron chi connectivity index (χ2n) is 6.91. The molecule has 0 radical (unpaired) electrons. The standard InChI is InChI=1S/C22H25IN4O2S/c1-5-27-21(16(4)29-18-9-7-6-8-10-18)25-26-22(27)30-13-19(28)24-20-14(2)11-17(23)12-15(20)3/h6-12,16H,5,13H2,1-4H3,(H,24,28)/t16-/m0/s1. The smallest absolute Gasteiger partial charge is 0.234 e. The second-order valence-corrected chi connectivity index (χ2v) is 9.10. The largest absolute Gasteiger partial charge is 0.483 e. The van der Waals surface area contributed by atoms with Crippen LogP contribution >= 0.6 is 34.4 Å². The van der Waals surface area contributed by atoms with E-state index in [0.29, 0.717) is 11.7 Å². The van der Waals surface area contributed by atoms with E-state index in [2.05, 4.69) is 50.2 Å². The van der Waals surface area contributed by atoms with Crippen LogP contribution in [0.5, 0.6) is 5.75 Å². The van der Waals surface area contributed by atoms with Crippen LogP contribution in [0.2, 0.25) is 0 Å². The lowest BCUT2D eigenvalue weighted by molar-refractivity contribution is -0.113. The summed E-state index contributed by atoms with van der Waals surface area (Å²) in [6.07, 6.45) is -0.250. The van der Waals surface area contributed by atoms with Crippen LogP contribution < -0.4 is 10.1 Å². The number of hydrogen-bond acceptors (Lipinski definition) is 5. The van der Waals surface area contributed by atoms with Gasteiger partial charge in [-0.25, -0.2) is 0 Å². The van der Waals surface area contributed by atoms with Gasteiger partial charge in [-0.1, -0.05) is 30.0 Å². The molecule has 3 rings (SSSR count). The van der Waals surface area contributed by atoms with Gasteiger partial charge in [0.15, 0.2) is 17.1 Å². The molecule has 0 spiro atoms. The third kappa shape index (κ3) is 5.54. The van der Waals surface area contributed by atoms with Gasteiger partial charge >= 0.3 is 0 Å². The quantitative estimate of drug-likeness (QED) is 0.309. The highest BCUT2D eigenvalue weighted by atomic mass is 127. The fourth-order valence-corrected chi connectivity index (χ4v) is 4.92. The van der Waals surface area contributed by atoms with Crippen LogP contribution in [0, 0.1) is 17.4 Å². The zero-order valence-corrected chi connectivity index (χ0v) is 20.5. The molecule has 0 saturated carbocycles. The second kappa shape index (κ2) is 10.3. The fraction of sp³-hybridized carbons (Fsp3) is 0.318. The topological polar surface area (TPSA) is 69.0 Å². The number of aryl methyl sites for hydroxylation is 2. The number of rotatable bonds is 8. The molecule has 3 aromatic rings. The summed E-state index contributed by atoms with van der Waals surface area (Å²) in [6.45, 7) is 8.69. The van der Waals surface area contributed by atoms with Crippen molar-refractivity contribution < 1.29 is 9.53 Å². The summed E-state index contributed by atoms with van der Waals surface area (Å²) in [5.41, 5.74) is 3.00. The predicted octanol–water partition coefficient (Wildman–Crippen LogP) is 5.39. The third-order valence-electron chi connectivity index (χ3n) is 4.58. The molecular formula is C22H25IN4O2S. The first kappa shape index (κ1) is 22.6. The molecule has 2 aromatic carbocycles. The molecule has 1 aromatic heterocycles. The van der Waals surface area contributed by atoms with Crippen LogP contribution in [-0.2, 0) is 11.3 Å². The molecule has 0 bridgehead atoms. The molecule has 0 aliphatic heterocycles. The minimum absolute atomic E-state index is 0.0619. The summed E-state index contributed by atoms with van der Waals surface area (Å²) < 4.78 is 9.14. The first-order valence-electron chi connectivity index (χ1n) is 9.73. The van der Waals surface area contributed by atoms with E-state index in [1.165, 1.54) is 11.8 Å². The Balaban J connectivity index is 1.65. The molecule has 0 aliphatic rings. The molecule has 1 N–H and O–H groups in total. The number of carbonyl (C=O) groups excluding carboxylic acids is 1. The Labute approximate surface area is 195 Å². The van der Waals surface area contributed by atoms with Crippen molar-refractivity contribution in [1.29, 1.82) is 0 Å². The SMILES string of the molecule is CCn1c(SCC(=O)Nc2c(C)cc(I)cc2C)nnc1[C@H](C)Oc1ccccc1. The molecule has 1 atom stereocenters. The Morgan fingerprint density at radius 2 is 1.87 bits per heavy atom. The van der Waals surface area contributed by atoms with E-state index < -0.39 is 0 Å². The minimum Gasteiger partial charge on any atom is -0.483 e. The Kier molecular flexibility index (Phi) is 7.76. The van der Waals surface area contributed by atoms with Crippen molar-refractivity contribution in [3.05, 3.63) is 63.0 Å². The zero-order valence-electron chi connectivity index (χ0n) is 17.5. The van der Waals surface area contributed by atoms with Gasteiger partial charge < -0.3 is 14.6 Å². The van der Waals surface area contributed by atoms with Gasteiger partial charge in [-0.2, -0.15) is 0 Å². The predicted molar refractivity (Wildman–Crippen MR) is 129 cm³/mol. The first-order chi connectivity index (χ1) is 14.4. The monoisotopic (exact) mass is 536 g/mol. The number of ether oxygens (including phenoxy) is 1. The average Bonchev–Trinajstić information content (AvgIpc) is 3.13. The number of carbonyl (C=O) groups is 1. The lowest BCUT2D eigenvalue weighted by Crippen LogP contribution is -2.17. The summed E-state index contributed by atoms with van der Waals surface area (Å²) >= 11 is 3.66. The van der Waals surface area contributed by atoms with E-state index in [9.17, 15) is 4.79 Å². The molecule has 30 heavy (non-hydrogen) atoms. The number of halogens is 1. The number of benzene rings is 2. The Morgan fingerprint density at radius 3 is 2.50 bits per heavy atom. The van der Waals surface area contributed by atoms with Crippen molar-refractivity contribution in [3.63, 3.8) is 0 Å². The van der Waals surface area contributed by atoms with Gasteiger partial charge in [0.05, 0.1) is 5.75 Å². The highest BCUT2D eigenvalue weighted by Crippen LogP contribution is 2.26. The number of nitrogens with one attached hydrogen (secondary N) is 1. The zero-order chi connectivity index (χ0) is 21.7. The van der Waals surface area contributed by atoms with Crippen LogP contribution in [0.25, 0.3) is 0 Å². The molecule has 0 aliphatic carbocycles. The highest BCUT2D eigenvalue weighted by Gasteiger charge is 2.19. The van der Waals surface area contributed by atoms with E-state index in [4.69, 9.17) is 4.74 Å². The molecular weight excluding hydrogens is 511 g/mol. The van der Waals surface area contributed by atoms with Crippen LogP contribution in [0.3, 0.4) is 0 Å². The number of para-hydroxylation sites is 1. The number of thioether (sulfide) groups is 1. The van der Waals surface area contributed by atoms with Crippen molar-refractivity contribution in [1.82, 2.24) is 14.8 Å². The van der Waals surface area contributed by atoms with Gasteiger partial charge in [-0.15, -0.1) is 10.2 Å².